The van der Waals surface area contributed by atoms with Gasteiger partial charge in [-0.3, -0.25) is 14.4 Å². The molecule has 0 aliphatic heterocycles. The quantitative estimate of drug-likeness (QED) is 0.0348. The first-order chi connectivity index (χ1) is 26.9. The minimum Gasteiger partial charge on any atom is -0.462 e. The van der Waals surface area contributed by atoms with Crippen LogP contribution in [0.1, 0.15) is 272 Å². The zero-order valence-corrected chi connectivity index (χ0v) is 37.4. The number of carbonyl (C=O) groups excluding carboxylic acids is 3. The van der Waals surface area contributed by atoms with E-state index in [-0.39, 0.29) is 31.1 Å². The molecule has 0 N–H and O–H groups in total. The van der Waals surface area contributed by atoms with E-state index in [1.807, 2.05) is 0 Å². The molecule has 55 heavy (non-hydrogen) atoms. The Balaban J connectivity index is 4.31. The van der Waals surface area contributed by atoms with Crippen LogP contribution in [0.2, 0.25) is 0 Å². The second-order valence-corrected chi connectivity index (χ2v) is 17.2. The van der Waals surface area contributed by atoms with Crippen molar-refractivity contribution in [3.63, 3.8) is 0 Å². The minimum absolute atomic E-state index is 0.0636. The van der Waals surface area contributed by atoms with Gasteiger partial charge in [0.1, 0.15) is 13.2 Å². The van der Waals surface area contributed by atoms with Crippen LogP contribution in [0.25, 0.3) is 0 Å². The Morgan fingerprint density at radius 2 is 0.600 bits per heavy atom. The van der Waals surface area contributed by atoms with Gasteiger partial charge in [0, 0.05) is 19.3 Å². The molecule has 0 aliphatic rings. The van der Waals surface area contributed by atoms with Gasteiger partial charge in [0.05, 0.1) is 0 Å². The molecule has 0 spiro atoms. The van der Waals surface area contributed by atoms with Gasteiger partial charge in [-0.25, -0.2) is 0 Å². The summed E-state index contributed by atoms with van der Waals surface area (Å²) in [6, 6.07) is 0. The van der Waals surface area contributed by atoms with Crippen molar-refractivity contribution in [2.24, 2.45) is 5.92 Å². The molecule has 0 aliphatic carbocycles. The molecule has 0 aromatic carbocycles. The molecule has 0 rings (SSSR count). The van der Waals surface area contributed by atoms with E-state index < -0.39 is 6.10 Å². The van der Waals surface area contributed by atoms with Crippen LogP contribution < -0.4 is 0 Å². The summed E-state index contributed by atoms with van der Waals surface area (Å²) in [4.78, 5) is 37.8. The number of esters is 3. The van der Waals surface area contributed by atoms with Crippen LogP contribution in [0.15, 0.2) is 0 Å². The van der Waals surface area contributed by atoms with E-state index in [0.717, 1.165) is 63.7 Å². The van der Waals surface area contributed by atoms with Crippen LogP contribution in [0.3, 0.4) is 0 Å². The van der Waals surface area contributed by atoms with E-state index in [9.17, 15) is 14.4 Å². The van der Waals surface area contributed by atoms with E-state index in [1.165, 1.54) is 167 Å². The maximum Gasteiger partial charge on any atom is 0.306 e. The predicted octanol–water partition coefficient (Wildman–Crippen LogP) is 15.5. The molecule has 0 heterocycles. The average Bonchev–Trinajstić information content (AvgIpc) is 3.17. The second kappa shape index (κ2) is 43.5. The fourth-order valence-electron chi connectivity index (χ4n) is 7.33. The number of hydrogen-bond acceptors (Lipinski definition) is 6. The van der Waals surface area contributed by atoms with E-state index in [1.54, 1.807) is 0 Å². The molecule has 0 aromatic rings. The summed E-state index contributed by atoms with van der Waals surface area (Å²) in [7, 11) is 0. The van der Waals surface area contributed by atoms with Crippen molar-refractivity contribution in [3.05, 3.63) is 0 Å². The molecule has 0 aromatic heterocycles. The van der Waals surface area contributed by atoms with Crippen LogP contribution >= 0.6 is 0 Å². The van der Waals surface area contributed by atoms with Crippen LogP contribution in [-0.4, -0.2) is 37.2 Å². The minimum atomic E-state index is -0.759. The molecule has 326 valence electrons. The highest BCUT2D eigenvalue weighted by atomic mass is 16.6. The number of hydrogen-bond donors (Lipinski definition) is 0. The van der Waals surface area contributed by atoms with Crippen molar-refractivity contribution < 1.29 is 28.6 Å². The monoisotopic (exact) mass is 779 g/mol. The highest BCUT2D eigenvalue weighted by Gasteiger charge is 2.19. The molecular formula is C49H94O6. The van der Waals surface area contributed by atoms with Crippen molar-refractivity contribution in [1.82, 2.24) is 0 Å². The summed E-state index contributed by atoms with van der Waals surface area (Å²) in [6.07, 6.45) is 43.7. The van der Waals surface area contributed by atoms with Crippen molar-refractivity contribution in [1.29, 1.82) is 0 Å². The first kappa shape index (κ1) is 53.4. The van der Waals surface area contributed by atoms with Crippen LogP contribution in [0.5, 0.6) is 0 Å². The van der Waals surface area contributed by atoms with Gasteiger partial charge in [-0.1, -0.05) is 233 Å². The lowest BCUT2D eigenvalue weighted by molar-refractivity contribution is -0.167. The van der Waals surface area contributed by atoms with E-state index in [2.05, 4.69) is 27.7 Å². The zero-order chi connectivity index (χ0) is 40.3. The fourth-order valence-corrected chi connectivity index (χ4v) is 7.33. The molecule has 0 unspecified atom stereocenters. The van der Waals surface area contributed by atoms with Crippen molar-refractivity contribution >= 4 is 17.9 Å². The van der Waals surface area contributed by atoms with Crippen molar-refractivity contribution in [3.8, 4) is 0 Å². The lowest BCUT2D eigenvalue weighted by Gasteiger charge is -2.18. The van der Waals surface area contributed by atoms with Gasteiger partial charge in [0.15, 0.2) is 6.10 Å². The maximum atomic E-state index is 12.7. The smallest absolute Gasteiger partial charge is 0.306 e. The van der Waals surface area contributed by atoms with Gasteiger partial charge >= 0.3 is 17.9 Å². The highest BCUT2D eigenvalue weighted by Crippen LogP contribution is 2.16. The molecule has 6 nitrogen and oxygen atoms in total. The molecule has 0 bridgehead atoms. The Hall–Kier alpha value is -1.59. The molecule has 0 saturated heterocycles. The van der Waals surface area contributed by atoms with Crippen LogP contribution in [0, 0.1) is 5.92 Å². The largest absolute Gasteiger partial charge is 0.462 e. The predicted molar refractivity (Wildman–Crippen MR) is 233 cm³/mol. The summed E-state index contributed by atoms with van der Waals surface area (Å²) >= 11 is 0. The lowest BCUT2D eigenvalue weighted by atomic mass is 10.0. The summed E-state index contributed by atoms with van der Waals surface area (Å²) in [6.45, 7) is 8.98. The summed E-state index contributed by atoms with van der Waals surface area (Å²) in [5, 5.41) is 0. The summed E-state index contributed by atoms with van der Waals surface area (Å²) in [5.41, 5.74) is 0. The third kappa shape index (κ3) is 43.4. The van der Waals surface area contributed by atoms with Crippen molar-refractivity contribution in [2.45, 2.75) is 278 Å². The van der Waals surface area contributed by atoms with E-state index in [0.29, 0.717) is 19.3 Å². The van der Waals surface area contributed by atoms with Gasteiger partial charge in [0.25, 0.3) is 0 Å². The molecule has 0 radical (unpaired) electrons. The summed E-state index contributed by atoms with van der Waals surface area (Å²) < 4.78 is 16.7. The normalized spacial score (nSPS) is 11.9. The third-order valence-electron chi connectivity index (χ3n) is 11.0. The Bertz CT molecular complexity index is 826. The maximum absolute atomic E-state index is 12.7. The van der Waals surface area contributed by atoms with Gasteiger partial charge in [-0.2, -0.15) is 0 Å². The van der Waals surface area contributed by atoms with Crippen LogP contribution in [-0.2, 0) is 28.6 Å². The lowest BCUT2D eigenvalue weighted by Crippen LogP contribution is -2.30. The van der Waals surface area contributed by atoms with E-state index >= 15 is 0 Å². The molecule has 0 fully saturated rings. The van der Waals surface area contributed by atoms with Gasteiger partial charge in [-0.05, 0) is 25.2 Å². The Morgan fingerprint density at radius 1 is 0.345 bits per heavy atom. The standard InChI is InChI=1S/C49H94O6/c1-5-7-9-11-13-15-17-18-19-20-21-25-30-34-38-42-49(52)55-46(43-53-47(50)40-36-32-28-24-16-14-12-10-8-6-2)44-54-48(51)41-37-33-29-26-22-23-27-31-35-39-45(3)4/h45-46H,5-44H2,1-4H3/t46-/m1/s1. The van der Waals surface area contributed by atoms with Gasteiger partial charge in [-0.15, -0.1) is 0 Å². The van der Waals surface area contributed by atoms with E-state index in [4.69, 9.17) is 14.2 Å². The van der Waals surface area contributed by atoms with Crippen molar-refractivity contribution in [2.75, 3.05) is 13.2 Å². The van der Waals surface area contributed by atoms with Crippen LogP contribution in [0.4, 0.5) is 0 Å². The number of carbonyl (C=O) groups is 3. The average molecular weight is 779 g/mol. The zero-order valence-electron chi connectivity index (χ0n) is 37.4. The number of rotatable bonds is 44. The van der Waals surface area contributed by atoms with Gasteiger partial charge < -0.3 is 14.2 Å². The first-order valence-corrected chi connectivity index (χ1v) is 24.4. The molecule has 1 atom stereocenters. The fraction of sp³-hybridized carbons (Fsp3) is 0.939. The Morgan fingerprint density at radius 3 is 0.891 bits per heavy atom. The second-order valence-electron chi connectivity index (χ2n) is 17.2. The first-order valence-electron chi connectivity index (χ1n) is 24.4. The topological polar surface area (TPSA) is 78.9 Å². The summed E-state index contributed by atoms with van der Waals surface area (Å²) in [5.74, 6) is -0.0423. The molecule has 0 saturated carbocycles. The SMILES string of the molecule is CCCCCCCCCCCCCCCCCC(=O)O[C@H](COC(=O)CCCCCCCCCCCC)COC(=O)CCCCCCCCCCCC(C)C. The number of ether oxygens (including phenoxy) is 3. The molecule has 6 heteroatoms. The Kier molecular flexibility index (Phi) is 42.3. The Labute approximate surface area is 342 Å². The third-order valence-corrected chi connectivity index (χ3v) is 11.0. The number of unbranched alkanes of at least 4 members (excludes halogenated alkanes) is 31. The molecule has 0 amide bonds. The highest BCUT2D eigenvalue weighted by molar-refractivity contribution is 5.71. The molecular weight excluding hydrogens is 685 g/mol. The van der Waals surface area contributed by atoms with Gasteiger partial charge in [0.2, 0.25) is 0 Å².